The molecule has 118 valence electrons. The summed E-state index contributed by atoms with van der Waals surface area (Å²) in [5, 5.41) is 0. The molecule has 0 aromatic carbocycles. The Morgan fingerprint density at radius 1 is 1.09 bits per heavy atom. The molecule has 0 N–H and O–H groups in total. The van der Waals surface area contributed by atoms with Gasteiger partial charge in [0, 0.05) is 42.5 Å². The van der Waals surface area contributed by atoms with Crippen molar-refractivity contribution in [3.63, 3.8) is 0 Å². The number of aryl methyl sites for hydroxylation is 1. The summed E-state index contributed by atoms with van der Waals surface area (Å²) in [6.07, 6.45) is 1.80. The van der Waals surface area contributed by atoms with Crippen molar-refractivity contribution < 1.29 is 9.59 Å². The van der Waals surface area contributed by atoms with Gasteiger partial charge in [0.05, 0.1) is 0 Å². The first-order valence-electron chi connectivity index (χ1n) is 8.02. The predicted molar refractivity (Wildman–Crippen MR) is 84.6 cm³/mol. The van der Waals surface area contributed by atoms with E-state index < -0.39 is 0 Å². The fraction of sp³-hybridized carbons (Fsp3) is 0.625. The van der Waals surface area contributed by atoms with Gasteiger partial charge in [-0.1, -0.05) is 0 Å². The van der Waals surface area contributed by atoms with Crippen LogP contribution in [0.3, 0.4) is 0 Å². The zero-order valence-corrected chi connectivity index (χ0v) is 13.6. The molecule has 2 amide bonds. The smallest absolute Gasteiger partial charge is 0.247 e. The van der Waals surface area contributed by atoms with Crippen LogP contribution in [-0.4, -0.2) is 64.8 Å². The van der Waals surface area contributed by atoms with Crippen molar-refractivity contribution in [3.8, 4) is 0 Å². The van der Waals surface area contributed by atoms with Crippen molar-refractivity contribution in [2.24, 2.45) is 0 Å². The third kappa shape index (κ3) is 2.25. The van der Waals surface area contributed by atoms with Crippen molar-refractivity contribution in [1.29, 1.82) is 0 Å². The summed E-state index contributed by atoms with van der Waals surface area (Å²) in [6.45, 7) is 5.97. The van der Waals surface area contributed by atoms with E-state index in [4.69, 9.17) is 0 Å². The minimum Gasteiger partial charge on any atom is -0.329 e. The highest BCUT2D eigenvalue weighted by Gasteiger charge is 2.49. The Hall–Kier alpha value is -1.40. The number of carbonyl (C=O) groups is 2. The summed E-state index contributed by atoms with van der Waals surface area (Å²) in [6, 6.07) is 3.86. The molecule has 6 heteroatoms. The van der Waals surface area contributed by atoms with E-state index in [9.17, 15) is 9.59 Å². The molecule has 0 saturated carbocycles. The molecular formula is C16H21N3O2S. The van der Waals surface area contributed by atoms with Gasteiger partial charge >= 0.3 is 0 Å². The van der Waals surface area contributed by atoms with E-state index in [0.717, 1.165) is 32.5 Å². The molecule has 0 spiro atoms. The summed E-state index contributed by atoms with van der Waals surface area (Å²) in [5.41, 5.74) is 0. The molecule has 0 aliphatic carbocycles. The van der Waals surface area contributed by atoms with E-state index in [1.165, 1.54) is 9.75 Å². The molecule has 3 aliphatic heterocycles. The van der Waals surface area contributed by atoms with Crippen LogP contribution in [0.4, 0.5) is 0 Å². The lowest BCUT2D eigenvalue weighted by Crippen LogP contribution is -2.68. The maximum Gasteiger partial charge on any atom is 0.247 e. The number of carbonyl (C=O) groups excluding carboxylic acids is 2. The Morgan fingerprint density at radius 3 is 2.64 bits per heavy atom. The number of hydrogen-bond donors (Lipinski definition) is 0. The first-order chi connectivity index (χ1) is 10.6. The lowest BCUT2D eigenvalue weighted by atomic mass is 10.0. The molecule has 1 aromatic rings. The molecule has 4 heterocycles. The van der Waals surface area contributed by atoms with Gasteiger partial charge in [0.25, 0.3) is 0 Å². The van der Waals surface area contributed by atoms with E-state index >= 15 is 0 Å². The zero-order chi connectivity index (χ0) is 15.3. The van der Waals surface area contributed by atoms with Crippen LogP contribution in [0.1, 0.15) is 22.6 Å². The van der Waals surface area contributed by atoms with Gasteiger partial charge in [-0.2, -0.15) is 0 Å². The maximum absolute atomic E-state index is 12.7. The molecule has 1 aromatic heterocycles. The Balaban J connectivity index is 1.49. The topological polar surface area (TPSA) is 43.9 Å². The van der Waals surface area contributed by atoms with Crippen LogP contribution in [0, 0.1) is 6.92 Å². The SMILES string of the molecule is Cc1ccc(CN2CCN3C(=O)[C@@H]4CCCN4C(=O)[C@H]3C2)s1. The monoisotopic (exact) mass is 319 g/mol. The fourth-order valence-electron chi connectivity index (χ4n) is 3.92. The van der Waals surface area contributed by atoms with Gasteiger partial charge in [0.2, 0.25) is 11.8 Å². The highest BCUT2D eigenvalue weighted by atomic mass is 32.1. The first kappa shape index (κ1) is 14.2. The second kappa shape index (κ2) is 5.35. The zero-order valence-electron chi connectivity index (χ0n) is 12.8. The second-order valence-corrected chi connectivity index (χ2v) is 7.86. The summed E-state index contributed by atoms with van der Waals surface area (Å²) >= 11 is 1.81. The predicted octanol–water partition coefficient (Wildman–Crippen LogP) is 1.07. The van der Waals surface area contributed by atoms with Gasteiger partial charge in [-0.3, -0.25) is 14.5 Å². The van der Waals surface area contributed by atoms with Gasteiger partial charge in [-0.05, 0) is 31.9 Å². The number of piperazine rings is 2. The minimum atomic E-state index is -0.267. The normalized spacial score (nSPS) is 29.0. The summed E-state index contributed by atoms with van der Waals surface area (Å²) < 4.78 is 0. The summed E-state index contributed by atoms with van der Waals surface area (Å²) in [5.74, 6) is 0.336. The van der Waals surface area contributed by atoms with Crippen LogP contribution in [0.25, 0.3) is 0 Å². The van der Waals surface area contributed by atoms with Crippen molar-refractivity contribution in [2.75, 3.05) is 26.2 Å². The second-order valence-electron chi connectivity index (χ2n) is 6.48. The third-order valence-corrected chi connectivity index (χ3v) is 6.01. The first-order valence-corrected chi connectivity index (χ1v) is 8.84. The van der Waals surface area contributed by atoms with E-state index in [1.54, 1.807) is 0 Å². The van der Waals surface area contributed by atoms with Crippen molar-refractivity contribution in [3.05, 3.63) is 21.9 Å². The number of thiophene rings is 1. The van der Waals surface area contributed by atoms with Crippen molar-refractivity contribution in [1.82, 2.24) is 14.7 Å². The van der Waals surface area contributed by atoms with Crippen LogP contribution in [-0.2, 0) is 16.1 Å². The average molecular weight is 319 g/mol. The molecular weight excluding hydrogens is 298 g/mol. The molecule has 5 nitrogen and oxygen atoms in total. The minimum absolute atomic E-state index is 0.161. The molecule has 22 heavy (non-hydrogen) atoms. The third-order valence-electron chi connectivity index (χ3n) is 5.03. The Labute approximate surface area is 134 Å². The van der Waals surface area contributed by atoms with E-state index in [-0.39, 0.29) is 23.9 Å². The van der Waals surface area contributed by atoms with Crippen LogP contribution < -0.4 is 0 Å². The molecule has 0 radical (unpaired) electrons. The Kier molecular flexibility index (Phi) is 3.46. The van der Waals surface area contributed by atoms with Gasteiger partial charge in [0.1, 0.15) is 12.1 Å². The molecule has 2 atom stereocenters. The van der Waals surface area contributed by atoms with Gasteiger partial charge in [0.15, 0.2) is 0 Å². The Morgan fingerprint density at radius 2 is 1.86 bits per heavy atom. The molecule has 4 rings (SSSR count). The van der Waals surface area contributed by atoms with Crippen LogP contribution >= 0.6 is 11.3 Å². The average Bonchev–Trinajstić information content (AvgIpc) is 3.14. The van der Waals surface area contributed by atoms with Crippen molar-refractivity contribution in [2.45, 2.75) is 38.4 Å². The van der Waals surface area contributed by atoms with Crippen LogP contribution in [0.2, 0.25) is 0 Å². The van der Waals surface area contributed by atoms with Crippen LogP contribution in [0.15, 0.2) is 12.1 Å². The molecule has 0 unspecified atom stereocenters. The number of amides is 2. The van der Waals surface area contributed by atoms with Crippen LogP contribution in [0.5, 0.6) is 0 Å². The van der Waals surface area contributed by atoms with Gasteiger partial charge in [-0.25, -0.2) is 0 Å². The maximum atomic E-state index is 12.7. The van der Waals surface area contributed by atoms with Gasteiger partial charge < -0.3 is 9.80 Å². The molecule has 3 aliphatic rings. The van der Waals surface area contributed by atoms with E-state index in [1.807, 2.05) is 21.1 Å². The largest absolute Gasteiger partial charge is 0.329 e. The Bertz CT molecular complexity index is 614. The van der Waals surface area contributed by atoms with E-state index in [0.29, 0.717) is 13.1 Å². The highest BCUT2D eigenvalue weighted by molar-refractivity contribution is 7.11. The summed E-state index contributed by atoms with van der Waals surface area (Å²) in [7, 11) is 0. The number of fused-ring (bicyclic) bond motifs is 2. The quantitative estimate of drug-likeness (QED) is 0.819. The molecule has 0 bridgehead atoms. The highest BCUT2D eigenvalue weighted by Crippen LogP contribution is 2.29. The van der Waals surface area contributed by atoms with E-state index in [2.05, 4.69) is 24.0 Å². The number of hydrogen-bond acceptors (Lipinski definition) is 4. The number of nitrogens with zero attached hydrogens (tertiary/aromatic N) is 3. The standard InChI is InChI=1S/C16H21N3O2S/c1-11-4-5-12(22-11)9-17-7-8-19-14(10-17)16(21)18-6-2-3-13(18)15(19)20/h4-5,13-14H,2-3,6-10H2,1H3/t13-,14+/m0/s1. The van der Waals surface area contributed by atoms with Gasteiger partial charge in [-0.15, -0.1) is 11.3 Å². The fourth-order valence-corrected chi connectivity index (χ4v) is 4.85. The lowest BCUT2D eigenvalue weighted by Gasteiger charge is -2.47. The molecule has 3 saturated heterocycles. The molecule has 3 fully saturated rings. The lowest BCUT2D eigenvalue weighted by molar-refractivity contribution is -0.163. The van der Waals surface area contributed by atoms with Crippen molar-refractivity contribution >= 4 is 23.2 Å². The summed E-state index contributed by atoms with van der Waals surface area (Å²) in [4.78, 5) is 33.9. The number of rotatable bonds is 2.